The van der Waals surface area contributed by atoms with Gasteiger partial charge >= 0.3 is 0 Å². The zero-order chi connectivity index (χ0) is 17.0. The SMILES string of the molecule is Cc1cc(C(=O)NCC(C)C)ccc1NC(=O)C1(N)CCCC1. The molecule has 0 bridgehead atoms. The Morgan fingerprint density at radius 3 is 2.48 bits per heavy atom. The molecular weight excluding hydrogens is 290 g/mol. The van der Waals surface area contributed by atoms with Crippen molar-refractivity contribution in [1.82, 2.24) is 5.32 Å². The molecule has 1 aliphatic rings. The Kier molecular flexibility index (Phi) is 5.42. The van der Waals surface area contributed by atoms with Crippen LogP contribution >= 0.6 is 0 Å². The van der Waals surface area contributed by atoms with Crippen molar-refractivity contribution < 1.29 is 9.59 Å². The second-order valence-corrected chi connectivity index (χ2v) is 6.95. The van der Waals surface area contributed by atoms with Gasteiger partial charge in [-0.25, -0.2) is 0 Å². The van der Waals surface area contributed by atoms with Gasteiger partial charge in [0.2, 0.25) is 5.91 Å². The monoisotopic (exact) mass is 317 g/mol. The number of nitrogens with two attached hydrogens (primary N) is 1. The maximum Gasteiger partial charge on any atom is 0.251 e. The van der Waals surface area contributed by atoms with Crippen molar-refractivity contribution in [3.63, 3.8) is 0 Å². The average molecular weight is 317 g/mol. The van der Waals surface area contributed by atoms with Crippen LogP contribution in [-0.4, -0.2) is 23.9 Å². The number of amides is 2. The minimum atomic E-state index is -0.750. The number of anilines is 1. The van der Waals surface area contributed by atoms with Gasteiger partial charge in [-0.1, -0.05) is 26.7 Å². The van der Waals surface area contributed by atoms with Gasteiger partial charge in [0.1, 0.15) is 0 Å². The van der Waals surface area contributed by atoms with Crippen LogP contribution in [0.25, 0.3) is 0 Å². The highest BCUT2D eigenvalue weighted by Crippen LogP contribution is 2.29. The molecule has 4 N–H and O–H groups in total. The van der Waals surface area contributed by atoms with E-state index in [2.05, 4.69) is 24.5 Å². The highest BCUT2D eigenvalue weighted by atomic mass is 16.2. The molecule has 1 fully saturated rings. The maximum absolute atomic E-state index is 12.4. The quantitative estimate of drug-likeness (QED) is 0.780. The summed E-state index contributed by atoms with van der Waals surface area (Å²) in [4.78, 5) is 24.4. The molecule has 0 aliphatic heterocycles. The van der Waals surface area contributed by atoms with Gasteiger partial charge in [-0.2, -0.15) is 0 Å². The summed E-state index contributed by atoms with van der Waals surface area (Å²) in [5, 5.41) is 5.80. The summed E-state index contributed by atoms with van der Waals surface area (Å²) >= 11 is 0. The molecule has 0 heterocycles. The van der Waals surface area contributed by atoms with Crippen LogP contribution in [0.3, 0.4) is 0 Å². The first kappa shape index (κ1) is 17.5. The van der Waals surface area contributed by atoms with Crippen LogP contribution in [0.1, 0.15) is 55.5 Å². The first-order valence-electron chi connectivity index (χ1n) is 8.31. The van der Waals surface area contributed by atoms with Gasteiger partial charge < -0.3 is 16.4 Å². The Balaban J connectivity index is 2.04. The normalized spacial score (nSPS) is 16.4. The number of hydrogen-bond acceptors (Lipinski definition) is 3. The molecule has 2 rings (SSSR count). The zero-order valence-corrected chi connectivity index (χ0v) is 14.2. The molecule has 0 spiro atoms. The Morgan fingerprint density at radius 2 is 1.91 bits per heavy atom. The van der Waals surface area contributed by atoms with E-state index in [1.165, 1.54) is 0 Å². The number of hydrogen-bond donors (Lipinski definition) is 3. The lowest BCUT2D eigenvalue weighted by Gasteiger charge is -2.23. The van der Waals surface area contributed by atoms with E-state index in [9.17, 15) is 9.59 Å². The molecule has 23 heavy (non-hydrogen) atoms. The fourth-order valence-electron chi connectivity index (χ4n) is 2.82. The lowest BCUT2D eigenvalue weighted by molar-refractivity contribution is -0.121. The summed E-state index contributed by atoms with van der Waals surface area (Å²) in [6, 6.07) is 5.30. The van der Waals surface area contributed by atoms with Crippen molar-refractivity contribution in [2.45, 2.75) is 52.0 Å². The van der Waals surface area contributed by atoms with Gasteiger partial charge in [0, 0.05) is 17.8 Å². The van der Waals surface area contributed by atoms with Gasteiger partial charge in [-0.3, -0.25) is 9.59 Å². The summed E-state index contributed by atoms with van der Waals surface area (Å²) in [7, 11) is 0. The van der Waals surface area contributed by atoms with E-state index < -0.39 is 5.54 Å². The molecule has 1 aliphatic carbocycles. The molecule has 2 amide bonds. The molecular formula is C18H27N3O2. The minimum absolute atomic E-state index is 0.0919. The Bertz CT molecular complexity index is 590. The van der Waals surface area contributed by atoms with E-state index in [4.69, 9.17) is 5.73 Å². The molecule has 5 nitrogen and oxygen atoms in total. The Labute approximate surface area is 138 Å². The highest BCUT2D eigenvalue weighted by Gasteiger charge is 2.37. The predicted molar refractivity (Wildman–Crippen MR) is 92.4 cm³/mol. The van der Waals surface area contributed by atoms with Crippen molar-refractivity contribution >= 4 is 17.5 Å². The van der Waals surface area contributed by atoms with Crippen LogP contribution in [0.5, 0.6) is 0 Å². The molecule has 0 unspecified atom stereocenters. The van der Waals surface area contributed by atoms with Crippen LogP contribution in [-0.2, 0) is 4.79 Å². The lowest BCUT2D eigenvalue weighted by atomic mass is 9.97. The second-order valence-electron chi connectivity index (χ2n) is 6.95. The largest absolute Gasteiger partial charge is 0.352 e. The third-order valence-corrected chi connectivity index (χ3v) is 4.36. The fourth-order valence-corrected chi connectivity index (χ4v) is 2.82. The summed E-state index contributed by atoms with van der Waals surface area (Å²) in [6.45, 7) is 6.63. The van der Waals surface area contributed by atoms with E-state index >= 15 is 0 Å². The number of carbonyl (C=O) groups is 2. The third-order valence-electron chi connectivity index (χ3n) is 4.36. The van der Waals surface area contributed by atoms with Gasteiger partial charge in [-0.05, 0) is 49.4 Å². The minimum Gasteiger partial charge on any atom is -0.352 e. The van der Waals surface area contributed by atoms with Crippen LogP contribution in [0.15, 0.2) is 18.2 Å². The summed E-state index contributed by atoms with van der Waals surface area (Å²) in [5.41, 5.74) is 7.59. The molecule has 0 aromatic heterocycles. The summed E-state index contributed by atoms with van der Waals surface area (Å²) < 4.78 is 0. The van der Waals surface area contributed by atoms with Crippen molar-refractivity contribution in [2.75, 3.05) is 11.9 Å². The van der Waals surface area contributed by atoms with E-state index in [1.807, 2.05) is 6.92 Å². The van der Waals surface area contributed by atoms with Crippen LogP contribution in [0.2, 0.25) is 0 Å². The van der Waals surface area contributed by atoms with Crippen LogP contribution in [0.4, 0.5) is 5.69 Å². The number of carbonyl (C=O) groups excluding carboxylic acids is 2. The van der Waals surface area contributed by atoms with Gasteiger partial charge in [-0.15, -0.1) is 0 Å². The standard InChI is InChI=1S/C18H27N3O2/c1-12(2)11-20-16(22)14-6-7-15(13(3)10-14)21-17(23)18(19)8-4-5-9-18/h6-7,10,12H,4-5,8-9,11,19H2,1-3H3,(H,20,22)(H,21,23). The van der Waals surface area contributed by atoms with Crippen molar-refractivity contribution in [2.24, 2.45) is 11.7 Å². The van der Waals surface area contributed by atoms with Crippen LogP contribution in [0, 0.1) is 12.8 Å². The Morgan fingerprint density at radius 1 is 1.26 bits per heavy atom. The first-order chi connectivity index (χ1) is 10.8. The Hall–Kier alpha value is -1.88. The number of benzene rings is 1. The van der Waals surface area contributed by atoms with Gasteiger partial charge in [0.15, 0.2) is 0 Å². The maximum atomic E-state index is 12.4. The molecule has 0 radical (unpaired) electrons. The molecule has 1 aromatic carbocycles. The molecule has 1 aromatic rings. The average Bonchev–Trinajstić information content (AvgIpc) is 2.95. The predicted octanol–water partition coefficient (Wildman–Crippen LogP) is 2.59. The molecule has 0 atom stereocenters. The lowest BCUT2D eigenvalue weighted by Crippen LogP contribution is -2.48. The summed E-state index contributed by atoms with van der Waals surface area (Å²) in [6.07, 6.45) is 3.46. The van der Waals surface area contributed by atoms with Crippen LogP contribution < -0.4 is 16.4 Å². The van der Waals surface area contributed by atoms with Gasteiger partial charge in [0.05, 0.1) is 5.54 Å². The topological polar surface area (TPSA) is 84.2 Å². The highest BCUT2D eigenvalue weighted by molar-refractivity contribution is 6.00. The van der Waals surface area contributed by atoms with E-state index in [1.54, 1.807) is 18.2 Å². The number of aryl methyl sites for hydroxylation is 1. The molecule has 0 saturated heterocycles. The third kappa shape index (κ3) is 4.32. The molecule has 126 valence electrons. The molecule has 1 saturated carbocycles. The van der Waals surface area contributed by atoms with Crippen molar-refractivity contribution in [1.29, 1.82) is 0 Å². The van der Waals surface area contributed by atoms with E-state index in [-0.39, 0.29) is 11.8 Å². The fraction of sp³-hybridized carbons (Fsp3) is 0.556. The molecule has 5 heteroatoms. The van der Waals surface area contributed by atoms with E-state index in [0.717, 1.165) is 31.2 Å². The van der Waals surface area contributed by atoms with E-state index in [0.29, 0.717) is 23.7 Å². The zero-order valence-electron chi connectivity index (χ0n) is 14.2. The summed E-state index contributed by atoms with van der Waals surface area (Å²) in [5.74, 6) is 0.187. The van der Waals surface area contributed by atoms with Gasteiger partial charge in [0.25, 0.3) is 5.91 Å². The van der Waals surface area contributed by atoms with Crippen molar-refractivity contribution in [3.05, 3.63) is 29.3 Å². The first-order valence-corrected chi connectivity index (χ1v) is 8.31. The van der Waals surface area contributed by atoms with Crippen molar-refractivity contribution in [3.8, 4) is 0 Å². The number of nitrogens with one attached hydrogen (secondary N) is 2. The number of rotatable bonds is 5. The smallest absolute Gasteiger partial charge is 0.251 e. The second kappa shape index (κ2) is 7.13.